The van der Waals surface area contributed by atoms with Gasteiger partial charge in [0.2, 0.25) is 10.0 Å². The number of hydrogen-bond donors (Lipinski definition) is 5. The number of anilines is 1. The summed E-state index contributed by atoms with van der Waals surface area (Å²) < 4.78 is 50.9. The first-order valence-electron chi connectivity index (χ1n) is 9.79. The highest BCUT2D eigenvalue weighted by Crippen LogP contribution is 2.20. The van der Waals surface area contributed by atoms with Crippen molar-refractivity contribution in [2.45, 2.75) is 25.0 Å². The van der Waals surface area contributed by atoms with E-state index >= 15 is 0 Å². The molecule has 2 amide bonds. The van der Waals surface area contributed by atoms with Crippen molar-refractivity contribution in [2.75, 3.05) is 11.0 Å². The van der Waals surface area contributed by atoms with Gasteiger partial charge in [-0.2, -0.15) is 0 Å². The average molecular weight is 505 g/mol. The first-order chi connectivity index (χ1) is 16.3. The number of halogens is 2. The van der Waals surface area contributed by atoms with Crippen molar-refractivity contribution in [1.82, 2.24) is 10.8 Å². The molecule has 2 aromatic carbocycles. The van der Waals surface area contributed by atoms with E-state index in [1.165, 1.54) is 24.3 Å². The SMILES string of the molecule is CC(O)(C(F)F)C(NC(=O)c1ccc(C#CC#Cc2ccc(NS(C)(=O)=O)cc2)cc1)C(=O)NO. The van der Waals surface area contributed by atoms with Gasteiger partial charge >= 0.3 is 0 Å². The van der Waals surface area contributed by atoms with E-state index in [4.69, 9.17) is 5.21 Å². The summed E-state index contributed by atoms with van der Waals surface area (Å²) in [6.07, 6.45) is -2.34. The van der Waals surface area contributed by atoms with Gasteiger partial charge < -0.3 is 10.4 Å². The van der Waals surface area contributed by atoms with Crippen molar-refractivity contribution in [3.63, 3.8) is 0 Å². The maximum absolute atomic E-state index is 13.1. The molecule has 0 heterocycles. The molecule has 35 heavy (non-hydrogen) atoms. The van der Waals surface area contributed by atoms with Gasteiger partial charge in [0, 0.05) is 22.4 Å². The molecule has 9 nitrogen and oxygen atoms in total. The number of benzene rings is 2. The Hall–Kier alpha value is -3.97. The fourth-order valence-corrected chi connectivity index (χ4v) is 3.19. The molecule has 184 valence electrons. The molecule has 2 unspecified atom stereocenters. The summed E-state index contributed by atoms with van der Waals surface area (Å²) in [7, 11) is -3.37. The molecule has 0 aromatic heterocycles. The van der Waals surface area contributed by atoms with Gasteiger partial charge in [0.25, 0.3) is 18.2 Å². The molecule has 2 aromatic rings. The van der Waals surface area contributed by atoms with Crippen molar-refractivity contribution < 1.29 is 37.1 Å². The molecule has 2 rings (SSSR count). The van der Waals surface area contributed by atoms with Gasteiger partial charge in [-0.05, 0) is 67.3 Å². The predicted octanol–water partition coefficient (Wildman–Crippen LogP) is 1.08. The quantitative estimate of drug-likeness (QED) is 0.216. The van der Waals surface area contributed by atoms with E-state index in [0.29, 0.717) is 23.7 Å². The lowest BCUT2D eigenvalue weighted by Crippen LogP contribution is -2.61. The number of alkyl halides is 2. The number of hydrogen-bond acceptors (Lipinski definition) is 6. The summed E-state index contributed by atoms with van der Waals surface area (Å²) in [4.78, 5) is 24.0. The molecule has 0 bridgehead atoms. The zero-order valence-electron chi connectivity index (χ0n) is 18.5. The number of hydroxylamine groups is 1. The van der Waals surface area contributed by atoms with Crippen molar-refractivity contribution in [3.8, 4) is 23.7 Å². The average Bonchev–Trinajstić information content (AvgIpc) is 2.79. The zero-order valence-corrected chi connectivity index (χ0v) is 19.3. The number of amides is 2. The van der Waals surface area contributed by atoms with Gasteiger partial charge in [0.1, 0.15) is 6.04 Å². The molecule has 5 N–H and O–H groups in total. The smallest absolute Gasteiger partial charge is 0.269 e. The second-order valence-electron chi connectivity index (χ2n) is 7.44. The van der Waals surface area contributed by atoms with Crippen LogP contribution in [0.4, 0.5) is 14.5 Å². The van der Waals surface area contributed by atoms with Crippen molar-refractivity contribution in [2.24, 2.45) is 0 Å². The molecule has 0 aliphatic carbocycles. The van der Waals surface area contributed by atoms with Gasteiger partial charge in [0.15, 0.2) is 5.60 Å². The van der Waals surface area contributed by atoms with Crippen LogP contribution in [0, 0.1) is 23.7 Å². The third kappa shape index (κ3) is 8.08. The van der Waals surface area contributed by atoms with Crippen LogP contribution >= 0.6 is 0 Å². The minimum absolute atomic E-state index is 0.00904. The minimum Gasteiger partial charge on any atom is -0.381 e. The maximum Gasteiger partial charge on any atom is 0.269 e. The molecule has 0 aliphatic rings. The van der Waals surface area contributed by atoms with E-state index in [0.717, 1.165) is 11.7 Å². The first-order valence-corrected chi connectivity index (χ1v) is 11.7. The Morgan fingerprint density at radius 1 is 0.971 bits per heavy atom. The second-order valence-corrected chi connectivity index (χ2v) is 9.19. The summed E-state index contributed by atoms with van der Waals surface area (Å²) in [5, 5.41) is 20.6. The third-order valence-corrected chi connectivity index (χ3v) is 5.09. The molecule has 0 saturated heterocycles. The molecule has 0 fully saturated rings. The Morgan fingerprint density at radius 3 is 1.89 bits per heavy atom. The first kappa shape index (κ1) is 27.3. The third-order valence-electron chi connectivity index (χ3n) is 4.49. The molecule has 0 saturated carbocycles. The van der Waals surface area contributed by atoms with E-state index in [1.807, 2.05) is 5.32 Å². The van der Waals surface area contributed by atoms with E-state index in [-0.39, 0.29) is 5.56 Å². The van der Waals surface area contributed by atoms with Gasteiger partial charge in [-0.15, -0.1) is 0 Å². The number of rotatable bonds is 7. The Balaban J connectivity index is 2.07. The second kappa shape index (κ2) is 11.4. The van der Waals surface area contributed by atoms with Gasteiger partial charge in [-0.3, -0.25) is 19.5 Å². The Bertz CT molecular complexity index is 1300. The normalized spacial score (nSPS) is 13.2. The summed E-state index contributed by atoms with van der Waals surface area (Å²) in [6.45, 7) is 0.651. The van der Waals surface area contributed by atoms with Crippen LogP contribution in [0.3, 0.4) is 0 Å². The van der Waals surface area contributed by atoms with Crippen molar-refractivity contribution in [1.29, 1.82) is 0 Å². The number of carbonyl (C=O) groups is 2. The number of carbonyl (C=O) groups excluding carboxylic acids is 2. The monoisotopic (exact) mass is 505 g/mol. The Labute approximate surface area is 200 Å². The van der Waals surface area contributed by atoms with E-state index in [1.54, 1.807) is 24.3 Å². The number of nitrogens with one attached hydrogen (secondary N) is 3. The zero-order chi connectivity index (χ0) is 26.2. The highest BCUT2D eigenvalue weighted by Gasteiger charge is 2.46. The molecule has 0 radical (unpaired) electrons. The largest absolute Gasteiger partial charge is 0.381 e. The van der Waals surface area contributed by atoms with Crippen LogP contribution in [-0.2, 0) is 14.8 Å². The maximum atomic E-state index is 13.1. The lowest BCUT2D eigenvalue weighted by atomic mass is 9.95. The Morgan fingerprint density at radius 2 is 1.46 bits per heavy atom. The highest BCUT2D eigenvalue weighted by atomic mass is 32.2. The lowest BCUT2D eigenvalue weighted by molar-refractivity contribution is -0.149. The summed E-state index contributed by atoms with van der Waals surface area (Å²) >= 11 is 0. The van der Waals surface area contributed by atoms with Crippen LogP contribution in [0.1, 0.15) is 28.4 Å². The van der Waals surface area contributed by atoms with Gasteiger partial charge in [-0.1, -0.05) is 11.8 Å². The van der Waals surface area contributed by atoms with E-state index in [2.05, 4.69) is 28.4 Å². The van der Waals surface area contributed by atoms with Crippen LogP contribution in [0.15, 0.2) is 48.5 Å². The predicted molar refractivity (Wildman–Crippen MR) is 123 cm³/mol. The molecule has 2 atom stereocenters. The standard InChI is InChI=1S/C23H21F2N3O6S/c1-23(31,22(24)25)19(21(30)27-32)26-20(29)17-11-7-15(8-12-17)5-3-4-6-16-9-13-18(14-10-16)28-35(2,33)34/h7-14,19,22,28,31-32H,1-2H3,(H,26,29)(H,27,30). The molecule has 12 heteroatoms. The van der Waals surface area contributed by atoms with E-state index < -0.39 is 39.9 Å². The van der Waals surface area contributed by atoms with Crippen molar-refractivity contribution >= 4 is 27.5 Å². The molecule has 0 spiro atoms. The minimum atomic E-state index is -3.38. The lowest BCUT2D eigenvalue weighted by Gasteiger charge is -2.30. The van der Waals surface area contributed by atoms with E-state index in [9.17, 15) is 31.9 Å². The Kier molecular flexibility index (Phi) is 8.92. The van der Waals surface area contributed by atoms with Crippen LogP contribution in [0.25, 0.3) is 0 Å². The van der Waals surface area contributed by atoms with Crippen LogP contribution in [0.5, 0.6) is 0 Å². The number of aliphatic hydroxyl groups is 1. The fraction of sp³-hybridized carbons (Fsp3) is 0.217. The highest BCUT2D eigenvalue weighted by molar-refractivity contribution is 7.92. The van der Waals surface area contributed by atoms with Crippen LogP contribution in [0.2, 0.25) is 0 Å². The molecular weight excluding hydrogens is 484 g/mol. The van der Waals surface area contributed by atoms with Crippen LogP contribution in [-0.4, -0.2) is 54.9 Å². The topological polar surface area (TPSA) is 145 Å². The molecular formula is C23H21F2N3O6S. The summed E-state index contributed by atoms with van der Waals surface area (Å²) in [5.74, 6) is 8.44. The fourth-order valence-electron chi connectivity index (χ4n) is 2.63. The van der Waals surface area contributed by atoms with Gasteiger partial charge in [-0.25, -0.2) is 22.7 Å². The molecule has 0 aliphatic heterocycles. The number of sulfonamides is 1. The van der Waals surface area contributed by atoms with Crippen LogP contribution < -0.4 is 15.5 Å². The van der Waals surface area contributed by atoms with Gasteiger partial charge in [0.05, 0.1) is 6.26 Å². The summed E-state index contributed by atoms with van der Waals surface area (Å²) in [5.41, 5.74) is -0.324. The summed E-state index contributed by atoms with van der Waals surface area (Å²) in [6, 6.07) is 9.79. The van der Waals surface area contributed by atoms with Crippen molar-refractivity contribution in [3.05, 3.63) is 65.2 Å².